The van der Waals surface area contributed by atoms with Gasteiger partial charge in [0.2, 0.25) is 0 Å². The molecule has 0 aromatic heterocycles. The molecule has 98 valence electrons. The van der Waals surface area contributed by atoms with Crippen LogP contribution in [-0.2, 0) is 0 Å². The van der Waals surface area contributed by atoms with E-state index >= 15 is 0 Å². The van der Waals surface area contributed by atoms with Gasteiger partial charge in [-0.3, -0.25) is 0 Å². The van der Waals surface area contributed by atoms with Gasteiger partial charge in [0.1, 0.15) is 0 Å². The fraction of sp³-hybridized carbons (Fsp3) is 0.882. The molecule has 0 unspecified atom stereocenters. The molecule has 0 bridgehead atoms. The van der Waals surface area contributed by atoms with Crippen molar-refractivity contribution in [2.45, 2.75) is 77.6 Å². The van der Waals surface area contributed by atoms with Crippen molar-refractivity contribution in [3.05, 3.63) is 12.7 Å². The van der Waals surface area contributed by atoms with E-state index in [-0.39, 0.29) is 0 Å². The van der Waals surface area contributed by atoms with Crippen LogP contribution in [0.25, 0.3) is 0 Å². The van der Waals surface area contributed by atoms with E-state index in [0.29, 0.717) is 0 Å². The summed E-state index contributed by atoms with van der Waals surface area (Å²) in [6.07, 6.45) is 18.4. The second kappa shape index (κ2) is 6.07. The van der Waals surface area contributed by atoms with Crippen LogP contribution in [0.2, 0.25) is 0 Å². The van der Waals surface area contributed by atoms with Gasteiger partial charge in [-0.25, -0.2) is 0 Å². The molecule has 0 heterocycles. The Bertz CT molecular complexity index is 221. The third-order valence-corrected chi connectivity index (χ3v) is 5.57. The van der Waals surface area contributed by atoms with Gasteiger partial charge in [0.25, 0.3) is 0 Å². The van der Waals surface area contributed by atoms with Crippen molar-refractivity contribution in [2.24, 2.45) is 17.3 Å². The predicted octanol–water partition coefficient (Wildman–Crippen LogP) is 5.73. The fourth-order valence-corrected chi connectivity index (χ4v) is 4.58. The summed E-state index contributed by atoms with van der Waals surface area (Å²) in [5.74, 6) is 1.87. The first kappa shape index (κ1) is 13.2. The lowest BCUT2D eigenvalue weighted by molar-refractivity contribution is 0.0501. The maximum Gasteiger partial charge on any atom is -0.0236 e. The average molecular weight is 234 g/mol. The van der Waals surface area contributed by atoms with E-state index in [4.69, 9.17) is 0 Å². The Morgan fingerprint density at radius 2 is 1.71 bits per heavy atom. The number of rotatable bonds is 4. The molecular weight excluding hydrogens is 204 g/mol. The molecule has 17 heavy (non-hydrogen) atoms. The molecule has 0 nitrogen and oxygen atoms in total. The molecule has 0 saturated heterocycles. The van der Waals surface area contributed by atoms with Crippen LogP contribution in [0.4, 0.5) is 0 Å². The smallest absolute Gasteiger partial charge is 0.0236 e. The molecule has 0 aromatic rings. The van der Waals surface area contributed by atoms with Gasteiger partial charge >= 0.3 is 0 Å². The largest absolute Gasteiger partial charge is 0.103 e. The van der Waals surface area contributed by atoms with Crippen molar-refractivity contribution >= 4 is 0 Å². The SMILES string of the molecule is C=CC1CCC(C2(CCC)CCCCC2)CC1. The van der Waals surface area contributed by atoms with Crippen LogP contribution in [0.1, 0.15) is 77.6 Å². The average Bonchev–Trinajstić information content (AvgIpc) is 2.40. The molecule has 0 atom stereocenters. The zero-order chi connectivity index (χ0) is 12.1. The Kier molecular flexibility index (Phi) is 4.70. The summed E-state index contributed by atoms with van der Waals surface area (Å²) in [7, 11) is 0. The van der Waals surface area contributed by atoms with Crippen LogP contribution >= 0.6 is 0 Å². The molecule has 2 rings (SSSR count). The summed E-state index contributed by atoms with van der Waals surface area (Å²) in [4.78, 5) is 0. The Hall–Kier alpha value is -0.260. The molecule has 0 spiro atoms. The van der Waals surface area contributed by atoms with E-state index in [9.17, 15) is 0 Å². The van der Waals surface area contributed by atoms with Gasteiger partial charge in [0.05, 0.1) is 0 Å². The third-order valence-electron chi connectivity index (χ3n) is 5.57. The molecular formula is C17H30. The molecule has 0 aromatic carbocycles. The lowest BCUT2D eigenvalue weighted by Crippen LogP contribution is -2.35. The molecule has 2 aliphatic rings. The van der Waals surface area contributed by atoms with Crippen molar-refractivity contribution in [1.82, 2.24) is 0 Å². The second-order valence-electron chi connectivity index (χ2n) is 6.52. The number of hydrogen-bond donors (Lipinski definition) is 0. The highest BCUT2D eigenvalue weighted by molar-refractivity contribution is 4.93. The fourth-order valence-electron chi connectivity index (χ4n) is 4.58. The van der Waals surface area contributed by atoms with E-state index < -0.39 is 0 Å². The summed E-state index contributed by atoms with van der Waals surface area (Å²) in [5.41, 5.74) is 0.749. The van der Waals surface area contributed by atoms with Crippen LogP contribution in [0, 0.1) is 17.3 Å². The monoisotopic (exact) mass is 234 g/mol. The minimum Gasteiger partial charge on any atom is -0.103 e. The summed E-state index contributed by atoms with van der Waals surface area (Å²) < 4.78 is 0. The van der Waals surface area contributed by atoms with Gasteiger partial charge < -0.3 is 0 Å². The second-order valence-corrected chi connectivity index (χ2v) is 6.52. The molecule has 2 saturated carbocycles. The Morgan fingerprint density at radius 3 is 2.24 bits per heavy atom. The molecule has 2 fully saturated rings. The predicted molar refractivity (Wildman–Crippen MR) is 76.1 cm³/mol. The van der Waals surface area contributed by atoms with Gasteiger partial charge in [-0.1, -0.05) is 38.7 Å². The quantitative estimate of drug-likeness (QED) is 0.545. The highest BCUT2D eigenvalue weighted by Crippen LogP contribution is 2.51. The molecule has 0 N–H and O–H groups in total. The van der Waals surface area contributed by atoms with E-state index in [1.807, 2.05) is 0 Å². The van der Waals surface area contributed by atoms with Crippen LogP contribution in [0.15, 0.2) is 12.7 Å². The third kappa shape index (κ3) is 2.95. The first-order chi connectivity index (χ1) is 8.30. The van der Waals surface area contributed by atoms with Crippen LogP contribution in [0.5, 0.6) is 0 Å². The first-order valence-electron chi connectivity index (χ1n) is 7.93. The standard InChI is InChI=1S/C17H30/c1-3-12-17(13-6-5-7-14-17)16-10-8-15(4-2)9-11-16/h4,15-16H,2-3,5-14H2,1H3. The van der Waals surface area contributed by atoms with E-state index in [0.717, 1.165) is 17.3 Å². The van der Waals surface area contributed by atoms with Gasteiger partial charge in [-0.05, 0) is 62.2 Å². The Balaban J connectivity index is 1.98. The Labute approximate surface area is 108 Å². The maximum absolute atomic E-state index is 3.98. The van der Waals surface area contributed by atoms with E-state index in [1.54, 1.807) is 0 Å². The van der Waals surface area contributed by atoms with Gasteiger partial charge in [0, 0.05) is 0 Å². The van der Waals surface area contributed by atoms with Crippen molar-refractivity contribution in [2.75, 3.05) is 0 Å². The Morgan fingerprint density at radius 1 is 1.06 bits per heavy atom. The van der Waals surface area contributed by atoms with Gasteiger partial charge in [0.15, 0.2) is 0 Å². The summed E-state index contributed by atoms with van der Waals surface area (Å²) in [6.45, 7) is 6.36. The van der Waals surface area contributed by atoms with Crippen molar-refractivity contribution in [1.29, 1.82) is 0 Å². The molecule has 0 aliphatic heterocycles. The lowest BCUT2D eigenvalue weighted by atomic mass is 9.59. The summed E-state index contributed by atoms with van der Waals surface area (Å²) >= 11 is 0. The van der Waals surface area contributed by atoms with Gasteiger partial charge in [-0.15, -0.1) is 6.58 Å². The number of allylic oxidation sites excluding steroid dienone is 1. The van der Waals surface area contributed by atoms with Crippen molar-refractivity contribution < 1.29 is 0 Å². The lowest BCUT2D eigenvalue weighted by Gasteiger charge is -2.46. The summed E-state index contributed by atoms with van der Waals surface area (Å²) in [6, 6.07) is 0. The van der Waals surface area contributed by atoms with Crippen molar-refractivity contribution in [3.8, 4) is 0 Å². The van der Waals surface area contributed by atoms with Crippen LogP contribution in [0.3, 0.4) is 0 Å². The molecule has 0 amide bonds. The minimum atomic E-state index is 0.749. The van der Waals surface area contributed by atoms with Crippen molar-refractivity contribution in [3.63, 3.8) is 0 Å². The normalized spacial score (nSPS) is 33.2. The highest BCUT2D eigenvalue weighted by atomic mass is 14.4. The molecule has 0 radical (unpaired) electrons. The zero-order valence-corrected chi connectivity index (χ0v) is 11.7. The molecule has 2 aliphatic carbocycles. The number of hydrogen-bond acceptors (Lipinski definition) is 0. The summed E-state index contributed by atoms with van der Waals surface area (Å²) in [5, 5.41) is 0. The molecule has 0 heteroatoms. The van der Waals surface area contributed by atoms with Crippen LogP contribution in [-0.4, -0.2) is 0 Å². The topological polar surface area (TPSA) is 0 Å². The van der Waals surface area contributed by atoms with Gasteiger partial charge in [-0.2, -0.15) is 0 Å². The highest BCUT2D eigenvalue weighted by Gasteiger charge is 2.39. The van der Waals surface area contributed by atoms with E-state index in [1.165, 1.54) is 70.6 Å². The maximum atomic E-state index is 3.98. The minimum absolute atomic E-state index is 0.749. The van der Waals surface area contributed by atoms with E-state index in [2.05, 4.69) is 19.6 Å². The van der Waals surface area contributed by atoms with Crippen LogP contribution < -0.4 is 0 Å². The zero-order valence-electron chi connectivity index (χ0n) is 11.7. The first-order valence-corrected chi connectivity index (χ1v) is 7.93.